The van der Waals surface area contributed by atoms with Crippen LogP contribution in [0.15, 0.2) is 10.9 Å². The molecule has 0 unspecified atom stereocenters. The van der Waals surface area contributed by atoms with Gasteiger partial charge in [0.05, 0.1) is 6.42 Å². The third-order valence-electron chi connectivity index (χ3n) is 3.30. The Hall–Kier alpha value is -1.65. The maximum Gasteiger partial charge on any atom is 0.303 e. The molecule has 1 aromatic rings. The molecule has 1 saturated carbocycles. The number of hydrogen-bond acceptors (Lipinski definition) is 3. The van der Waals surface area contributed by atoms with Crippen LogP contribution in [0.3, 0.4) is 0 Å². The van der Waals surface area contributed by atoms with Crippen LogP contribution in [0.5, 0.6) is 0 Å². The fourth-order valence-electron chi connectivity index (χ4n) is 2.18. The molecule has 1 fully saturated rings. The van der Waals surface area contributed by atoms with Gasteiger partial charge in [-0.05, 0) is 32.1 Å². The van der Waals surface area contributed by atoms with E-state index < -0.39 is 5.97 Å². The van der Waals surface area contributed by atoms with Gasteiger partial charge in [0, 0.05) is 18.3 Å². The van der Waals surface area contributed by atoms with Crippen LogP contribution in [0.4, 0.5) is 0 Å². The van der Waals surface area contributed by atoms with Crippen LogP contribution in [0, 0.1) is 19.3 Å². The van der Waals surface area contributed by atoms with E-state index in [0.29, 0.717) is 18.1 Å². The maximum atomic E-state index is 11.8. The zero-order valence-corrected chi connectivity index (χ0v) is 10.1. The van der Waals surface area contributed by atoms with Crippen LogP contribution in [-0.2, 0) is 11.3 Å². The summed E-state index contributed by atoms with van der Waals surface area (Å²) in [7, 11) is 0. The monoisotopic (exact) mass is 236 g/mol. The predicted molar refractivity (Wildman–Crippen MR) is 61.9 cm³/mol. The molecule has 17 heavy (non-hydrogen) atoms. The predicted octanol–water partition coefficient (Wildman–Crippen LogP) is 1.12. The summed E-state index contributed by atoms with van der Waals surface area (Å²) in [5.41, 5.74) is 0.385. The molecule has 0 aromatic carbocycles. The summed E-state index contributed by atoms with van der Waals surface area (Å²) < 4.78 is 1.59. The van der Waals surface area contributed by atoms with E-state index in [2.05, 4.69) is 4.98 Å². The van der Waals surface area contributed by atoms with E-state index in [4.69, 9.17) is 5.11 Å². The Bertz CT molecular complexity index is 515. The second-order valence-electron chi connectivity index (χ2n) is 4.94. The summed E-state index contributed by atoms with van der Waals surface area (Å²) in [6, 6.07) is 1.49. The van der Waals surface area contributed by atoms with E-state index in [9.17, 15) is 9.59 Å². The van der Waals surface area contributed by atoms with E-state index in [1.807, 2.05) is 0 Å². The molecular weight excluding hydrogens is 220 g/mol. The largest absolute Gasteiger partial charge is 0.481 e. The molecule has 1 aliphatic carbocycles. The number of aliphatic carboxylic acids is 1. The van der Waals surface area contributed by atoms with Crippen molar-refractivity contribution in [3.63, 3.8) is 0 Å². The Morgan fingerprint density at radius 2 is 2.18 bits per heavy atom. The van der Waals surface area contributed by atoms with E-state index in [-0.39, 0.29) is 17.4 Å². The highest BCUT2D eigenvalue weighted by molar-refractivity contribution is 5.68. The average Bonchev–Trinajstić information content (AvgIpc) is 2.91. The molecule has 1 aromatic heterocycles. The van der Waals surface area contributed by atoms with Crippen LogP contribution < -0.4 is 5.56 Å². The normalized spacial score (nSPS) is 16.8. The molecule has 2 rings (SSSR count). The fraction of sp³-hybridized carbons (Fsp3) is 0.583. The first-order valence-electron chi connectivity index (χ1n) is 5.69. The van der Waals surface area contributed by atoms with Gasteiger partial charge in [-0.15, -0.1) is 0 Å². The number of carboxylic acids is 1. The van der Waals surface area contributed by atoms with E-state index in [0.717, 1.165) is 12.8 Å². The number of hydrogen-bond donors (Lipinski definition) is 1. The highest BCUT2D eigenvalue weighted by atomic mass is 16.4. The van der Waals surface area contributed by atoms with Crippen molar-refractivity contribution < 1.29 is 9.90 Å². The van der Waals surface area contributed by atoms with Crippen molar-refractivity contribution in [1.29, 1.82) is 0 Å². The fourth-order valence-corrected chi connectivity index (χ4v) is 2.18. The van der Waals surface area contributed by atoms with Gasteiger partial charge in [0.15, 0.2) is 0 Å². The summed E-state index contributed by atoms with van der Waals surface area (Å²) in [6.45, 7) is 4.03. The Morgan fingerprint density at radius 1 is 1.53 bits per heavy atom. The molecule has 1 aliphatic rings. The number of nitrogens with zero attached hydrogens (tertiary/aromatic N) is 2. The summed E-state index contributed by atoms with van der Waals surface area (Å²) in [5.74, 6) is -0.139. The lowest BCUT2D eigenvalue weighted by Gasteiger charge is -2.16. The van der Waals surface area contributed by atoms with Crippen molar-refractivity contribution in [2.45, 2.75) is 39.7 Å². The van der Waals surface area contributed by atoms with Crippen molar-refractivity contribution in [3.8, 4) is 0 Å². The first-order valence-corrected chi connectivity index (χ1v) is 5.69. The van der Waals surface area contributed by atoms with Gasteiger partial charge in [0.1, 0.15) is 5.82 Å². The summed E-state index contributed by atoms with van der Waals surface area (Å²) in [5, 5.41) is 8.85. The molecule has 0 radical (unpaired) electrons. The Labute approximate surface area is 99.1 Å². The van der Waals surface area contributed by atoms with Crippen molar-refractivity contribution in [2.24, 2.45) is 5.41 Å². The minimum absolute atomic E-state index is 0.0911. The van der Waals surface area contributed by atoms with Gasteiger partial charge >= 0.3 is 5.97 Å². The maximum absolute atomic E-state index is 11.8. The molecule has 0 atom stereocenters. The molecule has 0 bridgehead atoms. The second-order valence-corrected chi connectivity index (χ2v) is 4.94. The van der Waals surface area contributed by atoms with Gasteiger partial charge in [-0.1, -0.05) is 0 Å². The minimum Gasteiger partial charge on any atom is -0.481 e. The van der Waals surface area contributed by atoms with Gasteiger partial charge in [-0.2, -0.15) is 0 Å². The molecule has 0 saturated heterocycles. The molecule has 0 amide bonds. The van der Waals surface area contributed by atoms with Crippen LogP contribution in [0.1, 0.15) is 30.8 Å². The first kappa shape index (κ1) is 11.8. The molecule has 0 aliphatic heterocycles. The summed E-state index contributed by atoms with van der Waals surface area (Å²) in [6.07, 6.45) is 1.88. The van der Waals surface area contributed by atoms with Crippen molar-refractivity contribution in [1.82, 2.24) is 9.55 Å². The summed E-state index contributed by atoms with van der Waals surface area (Å²) in [4.78, 5) is 26.8. The quantitative estimate of drug-likeness (QED) is 0.850. The minimum atomic E-state index is -0.798. The number of carbonyl (C=O) groups is 1. The van der Waals surface area contributed by atoms with E-state index in [1.54, 1.807) is 18.4 Å². The molecule has 1 heterocycles. The summed E-state index contributed by atoms with van der Waals surface area (Å²) >= 11 is 0. The zero-order chi connectivity index (χ0) is 12.6. The Kier molecular flexibility index (Phi) is 2.77. The average molecular weight is 236 g/mol. The molecule has 1 N–H and O–H groups in total. The molecule has 92 valence electrons. The van der Waals surface area contributed by atoms with Crippen molar-refractivity contribution in [3.05, 3.63) is 27.9 Å². The highest BCUT2D eigenvalue weighted by Gasteiger charge is 2.45. The van der Waals surface area contributed by atoms with Gasteiger partial charge in [0.2, 0.25) is 0 Å². The third-order valence-corrected chi connectivity index (χ3v) is 3.30. The van der Waals surface area contributed by atoms with Gasteiger partial charge in [0.25, 0.3) is 5.56 Å². The number of aromatic nitrogens is 2. The lowest BCUT2D eigenvalue weighted by Crippen LogP contribution is -2.28. The first-order chi connectivity index (χ1) is 7.92. The zero-order valence-electron chi connectivity index (χ0n) is 10.1. The third kappa shape index (κ3) is 2.54. The molecule has 5 heteroatoms. The standard InChI is InChI=1S/C12H16N2O3/c1-8-5-10(15)14(9(2)13-8)7-12(3-4-12)6-11(16)17/h5H,3-4,6-7H2,1-2H3,(H,16,17). The SMILES string of the molecule is Cc1cc(=O)n(CC2(CC(=O)O)CC2)c(C)n1. The topological polar surface area (TPSA) is 72.2 Å². The van der Waals surface area contributed by atoms with E-state index >= 15 is 0 Å². The smallest absolute Gasteiger partial charge is 0.303 e. The van der Waals surface area contributed by atoms with Gasteiger partial charge in [-0.3, -0.25) is 14.2 Å². The van der Waals surface area contributed by atoms with Crippen LogP contribution in [0.25, 0.3) is 0 Å². The van der Waals surface area contributed by atoms with Crippen LogP contribution in [-0.4, -0.2) is 20.6 Å². The second kappa shape index (κ2) is 3.98. The number of carboxylic acid groups (broad SMARTS) is 1. The molecular formula is C12H16N2O3. The molecule has 5 nitrogen and oxygen atoms in total. The molecule has 0 spiro atoms. The highest BCUT2D eigenvalue weighted by Crippen LogP contribution is 2.50. The lowest BCUT2D eigenvalue weighted by molar-refractivity contribution is -0.138. The van der Waals surface area contributed by atoms with Crippen LogP contribution in [0.2, 0.25) is 0 Å². The Balaban J connectivity index is 2.25. The number of aryl methyl sites for hydroxylation is 2. The lowest BCUT2D eigenvalue weighted by atomic mass is 10.0. The van der Waals surface area contributed by atoms with Crippen molar-refractivity contribution in [2.75, 3.05) is 0 Å². The number of rotatable bonds is 4. The van der Waals surface area contributed by atoms with Gasteiger partial charge in [-0.25, -0.2) is 4.98 Å². The van der Waals surface area contributed by atoms with Gasteiger partial charge < -0.3 is 5.11 Å². The van der Waals surface area contributed by atoms with Crippen molar-refractivity contribution >= 4 is 5.97 Å². The Morgan fingerprint density at radius 3 is 2.65 bits per heavy atom. The van der Waals surface area contributed by atoms with Crippen LogP contribution >= 0.6 is 0 Å². The van der Waals surface area contributed by atoms with E-state index in [1.165, 1.54) is 6.07 Å².